The fourth-order valence-electron chi connectivity index (χ4n) is 0.999. The van der Waals surface area contributed by atoms with Crippen molar-refractivity contribution in [1.82, 2.24) is 9.78 Å². The Morgan fingerprint density at radius 2 is 2.00 bits per heavy atom. The number of halogens is 3. The lowest BCUT2D eigenvalue weighted by Gasteiger charge is -2.25. The van der Waals surface area contributed by atoms with E-state index in [0.29, 0.717) is 4.68 Å². The van der Waals surface area contributed by atoms with Crippen LogP contribution in [-0.2, 0) is 5.41 Å². The standard InChI is InChI=1S/C8H10F3N3O2/c1-7(2,8(9,10)11)4-3-5(12)14(13-4)6(15)16/h3H,12H2,1-2H3,(H,15,16). The van der Waals surface area contributed by atoms with Gasteiger partial charge in [0.05, 0.1) is 5.69 Å². The van der Waals surface area contributed by atoms with Crippen molar-refractivity contribution < 1.29 is 23.1 Å². The maximum atomic E-state index is 12.6. The summed E-state index contributed by atoms with van der Waals surface area (Å²) < 4.78 is 38.2. The number of carbonyl (C=O) groups is 1. The molecular formula is C8H10F3N3O2. The van der Waals surface area contributed by atoms with Crippen molar-refractivity contribution in [3.8, 4) is 0 Å². The molecule has 1 rings (SSSR count). The Balaban J connectivity index is 3.26. The molecule has 5 nitrogen and oxygen atoms in total. The van der Waals surface area contributed by atoms with Crippen LogP contribution < -0.4 is 5.73 Å². The van der Waals surface area contributed by atoms with Gasteiger partial charge in [0, 0.05) is 6.07 Å². The van der Waals surface area contributed by atoms with E-state index in [2.05, 4.69) is 5.10 Å². The lowest BCUT2D eigenvalue weighted by atomic mass is 9.89. The van der Waals surface area contributed by atoms with Gasteiger partial charge in [-0.1, -0.05) is 0 Å². The minimum Gasteiger partial charge on any atom is -0.463 e. The first-order chi connectivity index (χ1) is 7.07. The summed E-state index contributed by atoms with van der Waals surface area (Å²) in [6.45, 7) is 1.81. The number of carboxylic acid groups (broad SMARTS) is 1. The highest BCUT2D eigenvalue weighted by Gasteiger charge is 2.50. The first-order valence-corrected chi connectivity index (χ1v) is 4.23. The number of alkyl halides is 3. The second-order valence-electron chi connectivity index (χ2n) is 3.77. The number of nitrogens with zero attached hydrogens (tertiary/aromatic N) is 2. The number of hydrogen-bond acceptors (Lipinski definition) is 3. The molecule has 1 aromatic rings. The molecule has 0 radical (unpaired) electrons. The van der Waals surface area contributed by atoms with Gasteiger partial charge in [-0.3, -0.25) is 0 Å². The van der Waals surface area contributed by atoms with E-state index in [4.69, 9.17) is 10.8 Å². The van der Waals surface area contributed by atoms with E-state index < -0.39 is 23.4 Å². The van der Waals surface area contributed by atoms with Crippen LogP contribution in [-0.4, -0.2) is 27.2 Å². The third kappa shape index (κ3) is 1.82. The van der Waals surface area contributed by atoms with Gasteiger partial charge in [0.2, 0.25) is 0 Å². The van der Waals surface area contributed by atoms with E-state index >= 15 is 0 Å². The SMILES string of the molecule is CC(C)(c1cc(N)n(C(=O)O)n1)C(F)(F)F. The van der Waals surface area contributed by atoms with E-state index in [-0.39, 0.29) is 5.82 Å². The summed E-state index contributed by atoms with van der Waals surface area (Å²) in [5, 5.41) is 11.9. The van der Waals surface area contributed by atoms with Crippen molar-refractivity contribution in [3.63, 3.8) is 0 Å². The Morgan fingerprint density at radius 1 is 1.50 bits per heavy atom. The van der Waals surface area contributed by atoms with Gasteiger partial charge >= 0.3 is 12.3 Å². The first-order valence-electron chi connectivity index (χ1n) is 4.23. The van der Waals surface area contributed by atoms with Crippen LogP contribution >= 0.6 is 0 Å². The monoisotopic (exact) mass is 237 g/mol. The van der Waals surface area contributed by atoms with E-state index in [1.165, 1.54) is 0 Å². The summed E-state index contributed by atoms with van der Waals surface area (Å²) in [7, 11) is 0. The third-order valence-electron chi connectivity index (χ3n) is 2.27. The molecule has 0 fully saturated rings. The van der Waals surface area contributed by atoms with Crippen LogP contribution in [0, 0.1) is 0 Å². The van der Waals surface area contributed by atoms with Gasteiger partial charge in [0.15, 0.2) is 0 Å². The second kappa shape index (κ2) is 3.39. The van der Waals surface area contributed by atoms with Crippen molar-refractivity contribution in [2.45, 2.75) is 25.4 Å². The smallest absolute Gasteiger partial charge is 0.434 e. The number of aromatic nitrogens is 2. The lowest BCUT2D eigenvalue weighted by Crippen LogP contribution is -2.37. The molecule has 8 heteroatoms. The molecule has 90 valence electrons. The van der Waals surface area contributed by atoms with Crippen molar-refractivity contribution in [2.24, 2.45) is 0 Å². The summed E-state index contributed by atoms with van der Waals surface area (Å²) in [5.41, 5.74) is 2.56. The van der Waals surface area contributed by atoms with Crippen LogP contribution in [0.2, 0.25) is 0 Å². The molecule has 0 atom stereocenters. The molecule has 0 unspecified atom stereocenters. The molecule has 0 aromatic carbocycles. The average molecular weight is 237 g/mol. The molecule has 0 aliphatic carbocycles. The van der Waals surface area contributed by atoms with Gasteiger partial charge in [-0.15, -0.1) is 4.68 Å². The molecule has 0 amide bonds. The topological polar surface area (TPSA) is 81.1 Å². The molecule has 0 saturated carbocycles. The van der Waals surface area contributed by atoms with Gasteiger partial charge in [0.25, 0.3) is 0 Å². The van der Waals surface area contributed by atoms with Crippen molar-refractivity contribution in [3.05, 3.63) is 11.8 Å². The minimum atomic E-state index is -4.53. The van der Waals surface area contributed by atoms with Crippen LogP contribution in [0.1, 0.15) is 19.5 Å². The van der Waals surface area contributed by atoms with Gasteiger partial charge in [-0.2, -0.15) is 18.3 Å². The van der Waals surface area contributed by atoms with E-state index in [0.717, 1.165) is 19.9 Å². The summed E-state index contributed by atoms with van der Waals surface area (Å²) in [4.78, 5) is 10.6. The van der Waals surface area contributed by atoms with E-state index in [9.17, 15) is 18.0 Å². The van der Waals surface area contributed by atoms with E-state index in [1.54, 1.807) is 0 Å². The first kappa shape index (κ1) is 12.3. The number of nitrogen functional groups attached to an aromatic ring is 1. The highest BCUT2D eigenvalue weighted by atomic mass is 19.4. The number of rotatable bonds is 1. The van der Waals surface area contributed by atoms with Crippen LogP contribution in [0.5, 0.6) is 0 Å². The van der Waals surface area contributed by atoms with E-state index in [1.807, 2.05) is 0 Å². The molecular weight excluding hydrogens is 227 g/mol. The summed E-state index contributed by atoms with van der Waals surface area (Å²) >= 11 is 0. The molecule has 0 aliphatic heterocycles. The van der Waals surface area contributed by atoms with Crippen LogP contribution in [0.4, 0.5) is 23.8 Å². The Hall–Kier alpha value is -1.73. The van der Waals surface area contributed by atoms with Gasteiger partial charge in [-0.25, -0.2) is 4.79 Å². The fraction of sp³-hybridized carbons (Fsp3) is 0.500. The lowest BCUT2D eigenvalue weighted by molar-refractivity contribution is -0.181. The number of nitrogens with two attached hydrogens (primary N) is 1. The molecule has 0 aliphatic rings. The highest BCUT2D eigenvalue weighted by molar-refractivity contribution is 5.71. The van der Waals surface area contributed by atoms with Crippen LogP contribution in [0.3, 0.4) is 0 Å². The number of hydrogen-bond donors (Lipinski definition) is 2. The van der Waals surface area contributed by atoms with Gasteiger partial charge in [0.1, 0.15) is 11.2 Å². The van der Waals surface area contributed by atoms with Gasteiger partial charge in [-0.05, 0) is 13.8 Å². The molecule has 16 heavy (non-hydrogen) atoms. The summed E-state index contributed by atoms with van der Waals surface area (Å²) in [6.07, 6.45) is -6.06. The Bertz CT molecular complexity index is 423. The summed E-state index contributed by atoms with van der Waals surface area (Å²) in [5.74, 6) is -0.347. The van der Waals surface area contributed by atoms with Crippen molar-refractivity contribution >= 4 is 11.9 Å². The Morgan fingerprint density at radius 3 is 2.31 bits per heavy atom. The molecule has 1 heterocycles. The molecule has 0 bridgehead atoms. The van der Waals surface area contributed by atoms with Crippen molar-refractivity contribution in [2.75, 3.05) is 5.73 Å². The molecule has 1 aromatic heterocycles. The maximum Gasteiger partial charge on any atom is 0.434 e. The van der Waals surface area contributed by atoms with Gasteiger partial charge < -0.3 is 10.8 Å². The van der Waals surface area contributed by atoms with Crippen LogP contribution in [0.15, 0.2) is 6.07 Å². The molecule has 0 spiro atoms. The second-order valence-corrected chi connectivity index (χ2v) is 3.77. The zero-order chi connectivity index (χ0) is 12.7. The van der Waals surface area contributed by atoms with Crippen LogP contribution in [0.25, 0.3) is 0 Å². The largest absolute Gasteiger partial charge is 0.463 e. The highest BCUT2D eigenvalue weighted by Crippen LogP contribution is 2.40. The quantitative estimate of drug-likeness (QED) is 0.780. The van der Waals surface area contributed by atoms with Crippen molar-refractivity contribution in [1.29, 1.82) is 0 Å². The molecule has 3 N–H and O–H groups in total. The zero-order valence-corrected chi connectivity index (χ0v) is 8.54. The zero-order valence-electron chi connectivity index (χ0n) is 8.54. The predicted octanol–water partition coefficient (Wildman–Crippen LogP) is 1.83. The normalized spacial score (nSPS) is 12.8. The molecule has 0 saturated heterocycles. The average Bonchev–Trinajstić information content (AvgIpc) is 2.45. The minimum absolute atomic E-state index is 0.308. The Labute approximate surface area is 88.7 Å². The number of anilines is 1. The fourth-order valence-corrected chi connectivity index (χ4v) is 0.999. The maximum absolute atomic E-state index is 12.6. The predicted molar refractivity (Wildman–Crippen MR) is 49.1 cm³/mol. The summed E-state index contributed by atoms with van der Waals surface area (Å²) in [6, 6.07) is 0.904. The third-order valence-corrected chi connectivity index (χ3v) is 2.27. The Kier molecular flexibility index (Phi) is 2.62.